The van der Waals surface area contributed by atoms with Gasteiger partial charge in [0.1, 0.15) is 5.75 Å². The molecule has 1 N–H and O–H groups in total. The molecular formula is C17H26N2O2. The van der Waals surface area contributed by atoms with Gasteiger partial charge in [-0.1, -0.05) is 18.2 Å². The second-order valence-electron chi connectivity index (χ2n) is 6.41. The molecule has 0 saturated carbocycles. The van der Waals surface area contributed by atoms with Crippen molar-refractivity contribution >= 4 is 0 Å². The molecule has 0 aromatic heterocycles. The van der Waals surface area contributed by atoms with Gasteiger partial charge < -0.3 is 14.8 Å². The Labute approximate surface area is 127 Å². The van der Waals surface area contributed by atoms with Crippen LogP contribution in [-0.2, 0) is 11.2 Å². The summed E-state index contributed by atoms with van der Waals surface area (Å²) in [5.74, 6) is 1.10. The summed E-state index contributed by atoms with van der Waals surface area (Å²) in [5.41, 5.74) is 2.63. The molecule has 1 atom stereocenters. The molecule has 4 heteroatoms. The monoisotopic (exact) mass is 290 g/mol. The average molecular weight is 290 g/mol. The van der Waals surface area contributed by atoms with E-state index in [-0.39, 0.29) is 11.6 Å². The van der Waals surface area contributed by atoms with Crippen molar-refractivity contribution in [3.63, 3.8) is 0 Å². The molecule has 2 heterocycles. The molecule has 0 radical (unpaired) electrons. The van der Waals surface area contributed by atoms with Crippen LogP contribution in [0.25, 0.3) is 0 Å². The minimum Gasteiger partial charge on any atom is -0.493 e. The Morgan fingerprint density at radius 3 is 2.67 bits per heavy atom. The molecule has 3 rings (SSSR count). The van der Waals surface area contributed by atoms with Crippen LogP contribution in [0, 0.1) is 0 Å². The molecule has 2 aliphatic heterocycles. The highest BCUT2D eigenvalue weighted by molar-refractivity contribution is 5.46. The minimum atomic E-state index is 0.0135. The maximum Gasteiger partial charge on any atom is 0.127 e. The normalized spacial score (nSPS) is 20.9. The van der Waals surface area contributed by atoms with Crippen molar-refractivity contribution in [2.24, 2.45) is 0 Å². The topological polar surface area (TPSA) is 33.7 Å². The lowest BCUT2D eigenvalue weighted by molar-refractivity contribution is -0.0231. The maximum absolute atomic E-state index is 5.91. The van der Waals surface area contributed by atoms with Gasteiger partial charge in [-0.25, -0.2) is 0 Å². The number of fused-ring (bicyclic) bond motifs is 1. The number of hydrogen-bond acceptors (Lipinski definition) is 4. The fraction of sp³-hybridized carbons (Fsp3) is 0.647. The Morgan fingerprint density at radius 1 is 1.19 bits per heavy atom. The van der Waals surface area contributed by atoms with Gasteiger partial charge in [0.25, 0.3) is 0 Å². The summed E-state index contributed by atoms with van der Waals surface area (Å²) in [6.07, 6.45) is 1.03. The van der Waals surface area contributed by atoms with E-state index in [0.717, 1.165) is 45.1 Å². The van der Waals surface area contributed by atoms with Crippen LogP contribution in [0.4, 0.5) is 0 Å². The highest BCUT2D eigenvalue weighted by Crippen LogP contribution is 2.39. The van der Waals surface area contributed by atoms with Crippen molar-refractivity contribution in [1.82, 2.24) is 10.2 Å². The molecule has 1 aromatic rings. The quantitative estimate of drug-likeness (QED) is 0.919. The number of nitrogens with zero attached hydrogens (tertiary/aromatic N) is 1. The van der Waals surface area contributed by atoms with Crippen molar-refractivity contribution in [3.05, 3.63) is 29.3 Å². The largest absolute Gasteiger partial charge is 0.493 e. The van der Waals surface area contributed by atoms with E-state index >= 15 is 0 Å². The molecule has 1 saturated heterocycles. The van der Waals surface area contributed by atoms with Crippen LogP contribution >= 0.6 is 0 Å². The summed E-state index contributed by atoms with van der Waals surface area (Å²) < 4.78 is 11.4. The Morgan fingerprint density at radius 2 is 1.95 bits per heavy atom. The smallest absolute Gasteiger partial charge is 0.127 e. The zero-order valence-electron chi connectivity index (χ0n) is 13.3. The molecule has 116 valence electrons. The van der Waals surface area contributed by atoms with Gasteiger partial charge in [-0.15, -0.1) is 0 Å². The summed E-state index contributed by atoms with van der Waals surface area (Å²) >= 11 is 0. The van der Waals surface area contributed by atoms with E-state index in [1.165, 1.54) is 11.1 Å². The van der Waals surface area contributed by atoms with Crippen LogP contribution in [0.15, 0.2) is 18.2 Å². The molecule has 1 aromatic carbocycles. The number of likely N-dealkylation sites (N-methyl/N-ethyl adjacent to an activating group) is 1. The van der Waals surface area contributed by atoms with E-state index < -0.39 is 0 Å². The van der Waals surface area contributed by atoms with E-state index in [4.69, 9.17) is 9.47 Å². The lowest BCUT2D eigenvalue weighted by atomic mass is 9.85. The number of para-hydroxylation sites is 1. The molecule has 1 unspecified atom stereocenters. The van der Waals surface area contributed by atoms with E-state index in [2.05, 4.69) is 42.3 Å². The number of morpholine rings is 1. The number of rotatable bonds is 4. The van der Waals surface area contributed by atoms with Crippen molar-refractivity contribution in [3.8, 4) is 5.75 Å². The first-order chi connectivity index (χ1) is 10.1. The van der Waals surface area contributed by atoms with Crippen molar-refractivity contribution < 1.29 is 9.47 Å². The van der Waals surface area contributed by atoms with Crippen molar-refractivity contribution in [1.29, 1.82) is 0 Å². The Kier molecular flexibility index (Phi) is 4.20. The van der Waals surface area contributed by atoms with Crippen LogP contribution < -0.4 is 10.1 Å². The SMILES string of the molecule is CNC(c1cccc2c1OCC2)C(C)(C)N1CCOCC1. The summed E-state index contributed by atoms with van der Waals surface area (Å²) in [5, 5.41) is 3.52. The Hall–Kier alpha value is -1.10. The zero-order valence-corrected chi connectivity index (χ0v) is 13.3. The van der Waals surface area contributed by atoms with E-state index in [1.54, 1.807) is 0 Å². The van der Waals surface area contributed by atoms with Crippen LogP contribution in [-0.4, -0.2) is 50.4 Å². The van der Waals surface area contributed by atoms with Gasteiger partial charge in [-0.05, 0) is 26.5 Å². The highest BCUT2D eigenvalue weighted by atomic mass is 16.5. The van der Waals surface area contributed by atoms with Gasteiger partial charge in [0, 0.05) is 30.6 Å². The van der Waals surface area contributed by atoms with Gasteiger partial charge in [-0.2, -0.15) is 0 Å². The number of hydrogen-bond donors (Lipinski definition) is 1. The van der Waals surface area contributed by atoms with E-state index in [9.17, 15) is 0 Å². The predicted octanol–water partition coefficient (Wildman–Crippen LogP) is 1.99. The first-order valence-electron chi connectivity index (χ1n) is 7.89. The standard InChI is InChI=1S/C17H26N2O2/c1-17(2,19-8-11-20-12-9-19)16(18-3)14-6-4-5-13-7-10-21-15(13)14/h4-6,16,18H,7-12H2,1-3H3. The molecule has 0 spiro atoms. The van der Waals surface area contributed by atoms with Crippen molar-refractivity contribution in [2.75, 3.05) is 40.0 Å². The maximum atomic E-state index is 5.91. The van der Waals surface area contributed by atoms with Crippen LogP contribution in [0.2, 0.25) is 0 Å². The molecule has 21 heavy (non-hydrogen) atoms. The van der Waals surface area contributed by atoms with Gasteiger partial charge in [0.15, 0.2) is 0 Å². The summed E-state index contributed by atoms with van der Waals surface area (Å²) in [4.78, 5) is 2.52. The zero-order chi connectivity index (χ0) is 14.9. The number of nitrogens with one attached hydrogen (secondary N) is 1. The third kappa shape index (κ3) is 2.68. The molecule has 2 aliphatic rings. The molecular weight excluding hydrogens is 264 g/mol. The minimum absolute atomic E-state index is 0.0135. The highest BCUT2D eigenvalue weighted by Gasteiger charge is 2.38. The van der Waals surface area contributed by atoms with Crippen LogP contribution in [0.5, 0.6) is 5.75 Å². The van der Waals surface area contributed by atoms with Gasteiger partial charge in [-0.3, -0.25) is 4.90 Å². The van der Waals surface area contributed by atoms with Crippen LogP contribution in [0.3, 0.4) is 0 Å². The second-order valence-corrected chi connectivity index (χ2v) is 6.41. The molecule has 0 amide bonds. The fourth-order valence-corrected chi connectivity index (χ4v) is 3.68. The molecule has 1 fully saturated rings. The lowest BCUT2D eigenvalue weighted by Gasteiger charge is -2.46. The molecule has 0 aliphatic carbocycles. The summed E-state index contributed by atoms with van der Waals surface area (Å²) in [7, 11) is 2.04. The summed E-state index contributed by atoms with van der Waals surface area (Å²) in [6.45, 7) is 9.05. The first kappa shape index (κ1) is 14.8. The Bertz CT molecular complexity index is 496. The van der Waals surface area contributed by atoms with Gasteiger partial charge in [0.05, 0.1) is 25.9 Å². The average Bonchev–Trinajstić information content (AvgIpc) is 2.98. The second kappa shape index (κ2) is 5.95. The Balaban J connectivity index is 1.92. The van der Waals surface area contributed by atoms with Gasteiger partial charge >= 0.3 is 0 Å². The molecule has 0 bridgehead atoms. The third-order valence-corrected chi connectivity index (χ3v) is 4.88. The number of benzene rings is 1. The predicted molar refractivity (Wildman–Crippen MR) is 83.9 cm³/mol. The number of ether oxygens (including phenoxy) is 2. The third-order valence-electron chi connectivity index (χ3n) is 4.88. The van der Waals surface area contributed by atoms with Crippen molar-refractivity contribution in [2.45, 2.75) is 31.8 Å². The van der Waals surface area contributed by atoms with E-state index in [1.807, 2.05) is 7.05 Å². The molecule has 4 nitrogen and oxygen atoms in total. The van der Waals surface area contributed by atoms with Gasteiger partial charge in [0.2, 0.25) is 0 Å². The van der Waals surface area contributed by atoms with Crippen LogP contribution in [0.1, 0.15) is 31.0 Å². The van der Waals surface area contributed by atoms with E-state index in [0.29, 0.717) is 0 Å². The lowest BCUT2D eigenvalue weighted by Crippen LogP contribution is -2.55. The fourth-order valence-electron chi connectivity index (χ4n) is 3.68. The first-order valence-corrected chi connectivity index (χ1v) is 7.89. The summed E-state index contributed by atoms with van der Waals surface area (Å²) in [6, 6.07) is 6.78.